The summed E-state index contributed by atoms with van der Waals surface area (Å²) < 4.78 is 25.5. The maximum absolute atomic E-state index is 11.9. The molecule has 0 bridgehead atoms. The molecular formula is C15H23N3O2S. The Balaban J connectivity index is 2.23. The maximum Gasteiger partial charge on any atom is 0.152 e. The van der Waals surface area contributed by atoms with Gasteiger partial charge in [0, 0.05) is 17.7 Å². The highest BCUT2D eigenvalue weighted by Crippen LogP contribution is 2.18. The van der Waals surface area contributed by atoms with Crippen molar-refractivity contribution in [2.75, 3.05) is 18.1 Å². The molecule has 0 aliphatic rings. The number of rotatable bonds is 8. The quantitative estimate of drug-likeness (QED) is 0.810. The lowest BCUT2D eigenvalue weighted by atomic mass is 10.2. The summed E-state index contributed by atoms with van der Waals surface area (Å²) in [5, 5.41) is 8.94. The van der Waals surface area contributed by atoms with Gasteiger partial charge in [-0.25, -0.2) is 8.42 Å². The molecule has 0 unspecified atom stereocenters. The number of benzene rings is 1. The van der Waals surface area contributed by atoms with Crippen LogP contribution in [0.4, 0.5) is 0 Å². The number of sulfone groups is 1. The average Bonchev–Trinajstić information content (AvgIpc) is 2.81. The van der Waals surface area contributed by atoms with Crippen LogP contribution in [0.3, 0.4) is 0 Å². The van der Waals surface area contributed by atoms with Crippen molar-refractivity contribution in [2.45, 2.75) is 33.4 Å². The topological polar surface area (TPSA) is 64.0 Å². The van der Waals surface area contributed by atoms with Gasteiger partial charge in [0.15, 0.2) is 9.84 Å². The second-order valence-electron chi connectivity index (χ2n) is 5.12. The Kier molecular flexibility index (Phi) is 5.36. The summed E-state index contributed by atoms with van der Waals surface area (Å²) in [5.74, 6) is 0.392. The standard InChI is InChI=1S/C15H23N3O2S/c1-3-10-21(19,20)11-9-18-15-8-6-5-7-13(15)14(17-18)12-16-4-2/h5-8,16H,3-4,9-12H2,1-2H3. The number of aryl methyl sites for hydroxylation is 1. The first-order valence-electron chi connectivity index (χ1n) is 7.43. The van der Waals surface area contributed by atoms with Crippen LogP contribution in [0.2, 0.25) is 0 Å². The largest absolute Gasteiger partial charge is 0.311 e. The lowest BCUT2D eigenvalue weighted by Crippen LogP contribution is -2.17. The number of para-hydroxylation sites is 1. The molecule has 116 valence electrons. The molecule has 0 spiro atoms. The van der Waals surface area contributed by atoms with E-state index < -0.39 is 9.84 Å². The van der Waals surface area contributed by atoms with Gasteiger partial charge < -0.3 is 5.32 Å². The number of fused-ring (bicyclic) bond motifs is 1. The van der Waals surface area contributed by atoms with Crippen molar-refractivity contribution in [2.24, 2.45) is 0 Å². The highest BCUT2D eigenvalue weighted by Gasteiger charge is 2.13. The van der Waals surface area contributed by atoms with Gasteiger partial charge in [0.05, 0.1) is 23.5 Å². The summed E-state index contributed by atoms with van der Waals surface area (Å²) >= 11 is 0. The molecule has 0 atom stereocenters. The summed E-state index contributed by atoms with van der Waals surface area (Å²) in [5.41, 5.74) is 1.97. The molecule has 5 nitrogen and oxygen atoms in total. The maximum atomic E-state index is 11.9. The van der Waals surface area contributed by atoms with Crippen LogP contribution in [0, 0.1) is 0 Å². The van der Waals surface area contributed by atoms with E-state index >= 15 is 0 Å². The first-order valence-corrected chi connectivity index (χ1v) is 9.25. The summed E-state index contributed by atoms with van der Waals surface area (Å²) in [4.78, 5) is 0. The Morgan fingerprint density at radius 1 is 1.19 bits per heavy atom. The third-order valence-corrected chi connectivity index (χ3v) is 5.24. The van der Waals surface area contributed by atoms with Crippen molar-refractivity contribution < 1.29 is 8.42 Å². The Morgan fingerprint density at radius 2 is 1.95 bits per heavy atom. The molecule has 0 radical (unpaired) electrons. The molecule has 1 aromatic carbocycles. The van der Waals surface area contributed by atoms with Crippen molar-refractivity contribution >= 4 is 20.7 Å². The molecule has 1 N–H and O–H groups in total. The van der Waals surface area contributed by atoms with E-state index in [4.69, 9.17) is 0 Å². The molecule has 2 rings (SSSR count). The number of aromatic nitrogens is 2. The lowest BCUT2D eigenvalue weighted by Gasteiger charge is -2.04. The van der Waals surface area contributed by atoms with Crippen molar-refractivity contribution in [3.8, 4) is 0 Å². The first-order chi connectivity index (χ1) is 10.1. The third kappa shape index (κ3) is 4.04. The molecule has 6 heteroatoms. The SMILES string of the molecule is CCCS(=O)(=O)CCn1nc(CNCC)c2ccccc21. The van der Waals surface area contributed by atoms with Gasteiger partial charge in [-0.3, -0.25) is 4.68 Å². The van der Waals surface area contributed by atoms with Crippen LogP contribution in [0.15, 0.2) is 24.3 Å². The Hall–Kier alpha value is -1.40. The summed E-state index contributed by atoms with van der Waals surface area (Å²) in [6.07, 6.45) is 0.661. The van der Waals surface area contributed by atoms with E-state index in [2.05, 4.69) is 17.3 Å². The molecule has 0 saturated heterocycles. The van der Waals surface area contributed by atoms with E-state index in [1.165, 1.54) is 0 Å². The van der Waals surface area contributed by atoms with Crippen LogP contribution >= 0.6 is 0 Å². The van der Waals surface area contributed by atoms with Crippen LogP contribution in [0.25, 0.3) is 10.9 Å². The van der Waals surface area contributed by atoms with Gasteiger partial charge >= 0.3 is 0 Å². The Bertz CT molecular complexity index is 692. The monoisotopic (exact) mass is 309 g/mol. The van der Waals surface area contributed by atoms with Crippen molar-refractivity contribution in [1.29, 1.82) is 0 Å². The molecular weight excluding hydrogens is 286 g/mol. The van der Waals surface area contributed by atoms with Gasteiger partial charge in [-0.15, -0.1) is 0 Å². The average molecular weight is 309 g/mol. The highest BCUT2D eigenvalue weighted by atomic mass is 32.2. The van der Waals surface area contributed by atoms with Gasteiger partial charge in [-0.1, -0.05) is 32.0 Å². The molecule has 0 aliphatic heterocycles. The minimum Gasteiger partial charge on any atom is -0.311 e. The third-order valence-electron chi connectivity index (χ3n) is 3.41. The van der Waals surface area contributed by atoms with E-state index in [0.29, 0.717) is 19.5 Å². The van der Waals surface area contributed by atoms with Gasteiger partial charge in [-0.05, 0) is 19.0 Å². The van der Waals surface area contributed by atoms with Crippen molar-refractivity contribution in [3.05, 3.63) is 30.0 Å². The van der Waals surface area contributed by atoms with E-state index in [0.717, 1.165) is 23.1 Å². The van der Waals surface area contributed by atoms with E-state index in [-0.39, 0.29) is 11.5 Å². The van der Waals surface area contributed by atoms with Gasteiger partial charge in [-0.2, -0.15) is 5.10 Å². The molecule has 0 fully saturated rings. The molecule has 1 aromatic heterocycles. The van der Waals surface area contributed by atoms with E-state index in [9.17, 15) is 8.42 Å². The van der Waals surface area contributed by atoms with Crippen LogP contribution < -0.4 is 5.32 Å². The zero-order chi connectivity index (χ0) is 15.3. The van der Waals surface area contributed by atoms with Crippen LogP contribution in [0.5, 0.6) is 0 Å². The lowest BCUT2D eigenvalue weighted by molar-refractivity contribution is 0.580. The van der Waals surface area contributed by atoms with Crippen LogP contribution in [-0.4, -0.2) is 36.2 Å². The molecule has 21 heavy (non-hydrogen) atoms. The van der Waals surface area contributed by atoms with Crippen molar-refractivity contribution in [3.63, 3.8) is 0 Å². The fourth-order valence-electron chi connectivity index (χ4n) is 2.38. The van der Waals surface area contributed by atoms with Gasteiger partial charge in [0.2, 0.25) is 0 Å². The minimum atomic E-state index is -2.98. The van der Waals surface area contributed by atoms with Crippen molar-refractivity contribution in [1.82, 2.24) is 15.1 Å². The smallest absolute Gasteiger partial charge is 0.152 e. The summed E-state index contributed by atoms with van der Waals surface area (Å²) in [6, 6.07) is 7.96. The van der Waals surface area contributed by atoms with Gasteiger partial charge in [0.25, 0.3) is 0 Å². The van der Waals surface area contributed by atoms with E-state index in [1.54, 1.807) is 0 Å². The second kappa shape index (κ2) is 7.04. The molecule has 1 heterocycles. The number of nitrogens with zero attached hydrogens (tertiary/aromatic N) is 2. The minimum absolute atomic E-state index is 0.146. The fourth-order valence-corrected chi connectivity index (χ4v) is 3.66. The molecule has 0 aliphatic carbocycles. The van der Waals surface area contributed by atoms with E-state index in [1.807, 2.05) is 35.9 Å². The summed E-state index contributed by atoms with van der Waals surface area (Å²) in [7, 11) is -2.98. The Morgan fingerprint density at radius 3 is 2.67 bits per heavy atom. The zero-order valence-electron chi connectivity index (χ0n) is 12.7. The number of hydrogen-bond acceptors (Lipinski definition) is 4. The summed E-state index contributed by atoms with van der Waals surface area (Å²) in [6.45, 7) is 5.93. The predicted molar refractivity (Wildman–Crippen MR) is 86.1 cm³/mol. The first kappa shape index (κ1) is 16.0. The normalized spacial score (nSPS) is 12.1. The molecule has 0 saturated carbocycles. The fraction of sp³-hybridized carbons (Fsp3) is 0.533. The zero-order valence-corrected chi connectivity index (χ0v) is 13.5. The highest BCUT2D eigenvalue weighted by molar-refractivity contribution is 7.91. The second-order valence-corrected chi connectivity index (χ2v) is 7.42. The number of hydrogen-bond donors (Lipinski definition) is 1. The molecule has 2 aromatic rings. The van der Waals surface area contributed by atoms with Crippen LogP contribution in [-0.2, 0) is 22.9 Å². The van der Waals surface area contributed by atoms with Gasteiger partial charge in [0.1, 0.15) is 0 Å². The Labute approximate surface area is 126 Å². The molecule has 0 amide bonds. The number of nitrogens with one attached hydrogen (secondary N) is 1. The predicted octanol–water partition coefficient (Wildman–Crippen LogP) is 1.97. The van der Waals surface area contributed by atoms with Crippen LogP contribution in [0.1, 0.15) is 26.0 Å².